The quantitative estimate of drug-likeness (QED) is 0.545. The van der Waals surface area contributed by atoms with Gasteiger partial charge in [-0.1, -0.05) is 12.1 Å². The number of halogens is 1. The van der Waals surface area contributed by atoms with E-state index in [1.54, 1.807) is 7.11 Å². The Hall–Kier alpha value is -0.730. The van der Waals surface area contributed by atoms with Gasteiger partial charge in [0.05, 0.1) is 6.61 Å². The maximum atomic E-state index is 5.83. The highest BCUT2D eigenvalue weighted by Gasteiger charge is 2.05. The Balaban J connectivity index is 2.53. The molecule has 0 bridgehead atoms. The second-order valence-corrected chi connectivity index (χ2v) is 4.51. The van der Waals surface area contributed by atoms with Crippen molar-refractivity contribution in [2.45, 2.75) is 32.6 Å². The highest BCUT2D eigenvalue weighted by Crippen LogP contribution is 2.25. The Morgan fingerprint density at radius 3 is 2.18 bits per heavy atom. The van der Waals surface area contributed by atoms with Crippen LogP contribution in [0.5, 0.6) is 5.75 Å². The average molecular weight is 257 g/mol. The van der Waals surface area contributed by atoms with E-state index in [9.17, 15) is 0 Å². The molecular weight excluding hydrogens is 236 g/mol. The Bertz CT molecular complexity index is 327. The lowest BCUT2D eigenvalue weighted by Crippen LogP contribution is -2.02. The van der Waals surface area contributed by atoms with E-state index >= 15 is 0 Å². The summed E-state index contributed by atoms with van der Waals surface area (Å²) in [6.07, 6.45) is 2.05. The van der Waals surface area contributed by atoms with Crippen molar-refractivity contribution in [2.24, 2.45) is 0 Å². The van der Waals surface area contributed by atoms with Crippen molar-refractivity contribution in [1.82, 2.24) is 0 Å². The van der Waals surface area contributed by atoms with E-state index in [-0.39, 0.29) is 0 Å². The molecule has 0 N–H and O–H groups in total. The van der Waals surface area contributed by atoms with Gasteiger partial charge in [-0.15, -0.1) is 11.6 Å². The summed E-state index contributed by atoms with van der Waals surface area (Å²) in [5.41, 5.74) is 3.47. The van der Waals surface area contributed by atoms with Crippen LogP contribution in [0, 0.1) is 13.8 Å². The molecule has 0 amide bonds. The lowest BCUT2D eigenvalue weighted by atomic mass is 10.1. The molecule has 17 heavy (non-hydrogen) atoms. The highest BCUT2D eigenvalue weighted by atomic mass is 35.5. The molecule has 3 heteroatoms. The zero-order valence-corrected chi connectivity index (χ0v) is 11.6. The Morgan fingerprint density at radius 2 is 1.65 bits per heavy atom. The average Bonchev–Trinajstić information content (AvgIpc) is 2.31. The van der Waals surface area contributed by atoms with Gasteiger partial charge >= 0.3 is 0 Å². The number of aryl methyl sites for hydroxylation is 2. The fraction of sp³-hybridized carbons (Fsp3) is 0.571. The first-order valence-corrected chi connectivity index (χ1v) is 6.50. The molecule has 0 aliphatic rings. The molecule has 1 rings (SSSR count). The zero-order valence-electron chi connectivity index (χ0n) is 10.9. The van der Waals surface area contributed by atoms with Crippen molar-refractivity contribution in [2.75, 3.05) is 20.3 Å². The smallest absolute Gasteiger partial charge is 0.125 e. The zero-order chi connectivity index (χ0) is 12.7. The Labute approximate surface area is 109 Å². The van der Waals surface area contributed by atoms with Crippen LogP contribution >= 0.6 is 11.6 Å². The topological polar surface area (TPSA) is 18.5 Å². The molecule has 0 aromatic heterocycles. The van der Waals surface area contributed by atoms with E-state index < -0.39 is 0 Å². The number of benzene rings is 1. The first-order valence-electron chi connectivity index (χ1n) is 5.97. The largest absolute Gasteiger partial charge is 0.493 e. The summed E-state index contributed by atoms with van der Waals surface area (Å²) < 4.78 is 10.8. The van der Waals surface area contributed by atoms with Crippen LogP contribution in [-0.2, 0) is 10.6 Å². The van der Waals surface area contributed by atoms with Gasteiger partial charge in [0.2, 0.25) is 0 Å². The van der Waals surface area contributed by atoms with Crippen molar-refractivity contribution in [3.8, 4) is 5.75 Å². The molecule has 0 aliphatic carbocycles. The number of ether oxygens (including phenoxy) is 2. The molecule has 0 radical (unpaired) electrons. The molecule has 0 aliphatic heterocycles. The van der Waals surface area contributed by atoms with Gasteiger partial charge in [0, 0.05) is 19.6 Å². The van der Waals surface area contributed by atoms with Gasteiger partial charge in [-0.3, -0.25) is 0 Å². The van der Waals surface area contributed by atoms with E-state index in [1.807, 2.05) is 0 Å². The maximum absolute atomic E-state index is 5.83. The van der Waals surface area contributed by atoms with Gasteiger partial charge in [-0.25, -0.2) is 0 Å². The van der Waals surface area contributed by atoms with Crippen LogP contribution in [0.15, 0.2) is 12.1 Å². The third kappa shape index (κ3) is 4.57. The minimum absolute atomic E-state index is 0.551. The van der Waals surface area contributed by atoms with Crippen LogP contribution in [0.25, 0.3) is 0 Å². The third-order valence-corrected chi connectivity index (χ3v) is 2.97. The predicted octanol–water partition coefficient (Wildman–Crippen LogP) is 3.85. The normalized spacial score (nSPS) is 10.6. The fourth-order valence-electron chi connectivity index (χ4n) is 1.87. The molecule has 0 saturated carbocycles. The maximum Gasteiger partial charge on any atom is 0.125 e. The van der Waals surface area contributed by atoms with Crippen LogP contribution in [0.2, 0.25) is 0 Å². The summed E-state index contributed by atoms with van der Waals surface area (Å²) in [6.45, 7) is 5.67. The lowest BCUT2D eigenvalue weighted by molar-refractivity contribution is 0.184. The first kappa shape index (κ1) is 14.3. The van der Waals surface area contributed by atoms with Gasteiger partial charge < -0.3 is 9.47 Å². The van der Waals surface area contributed by atoms with Crippen molar-refractivity contribution in [3.63, 3.8) is 0 Å². The third-order valence-electron chi connectivity index (χ3n) is 2.66. The summed E-state index contributed by atoms with van der Waals surface area (Å²) in [6, 6.07) is 4.18. The molecule has 0 saturated heterocycles. The molecule has 0 atom stereocenters. The number of rotatable bonds is 7. The molecule has 1 aromatic carbocycles. The van der Waals surface area contributed by atoms with E-state index in [1.165, 1.54) is 0 Å². The minimum Gasteiger partial charge on any atom is -0.493 e. The molecule has 2 nitrogen and oxygen atoms in total. The van der Waals surface area contributed by atoms with Gasteiger partial charge in [0.1, 0.15) is 5.75 Å². The van der Waals surface area contributed by atoms with Crippen molar-refractivity contribution in [3.05, 3.63) is 28.8 Å². The molecule has 0 unspecified atom stereocenters. The van der Waals surface area contributed by atoms with E-state index in [2.05, 4.69) is 26.0 Å². The van der Waals surface area contributed by atoms with Gasteiger partial charge in [0.25, 0.3) is 0 Å². The van der Waals surface area contributed by atoms with Gasteiger partial charge in [-0.2, -0.15) is 0 Å². The summed E-state index contributed by atoms with van der Waals surface area (Å²) in [5.74, 6) is 1.55. The minimum atomic E-state index is 0.551. The number of hydrogen-bond acceptors (Lipinski definition) is 2. The van der Waals surface area contributed by atoms with E-state index in [0.717, 1.165) is 48.5 Å². The fourth-order valence-corrected chi connectivity index (χ4v) is 2.02. The second kappa shape index (κ2) is 7.57. The predicted molar refractivity (Wildman–Crippen MR) is 72.1 cm³/mol. The first-order chi connectivity index (χ1) is 8.19. The van der Waals surface area contributed by atoms with Crippen molar-refractivity contribution in [1.29, 1.82) is 0 Å². The van der Waals surface area contributed by atoms with Gasteiger partial charge in [0.15, 0.2) is 0 Å². The number of unbranched alkanes of at least 4 members (excludes halogenated alkanes) is 1. The monoisotopic (exact) mass is 256 g/mol. The van der Waals surface area contributed by atoms with Crippen LogP contribution in [0.4, 0.5) is 0 Å². The van der Waals surface area contributed by atoms with Crippen LogP contribution in [0.1, 0.15) is 29.5 Å². The van der Waals surface area contributed by atoms with E-state index in [4.69, 9.17) is 21.1 Å². The molecular formula is C14H21ClO2. The Morgan fingerprint density at radius 1 is 1.06 bits per heavy atom. The van der Waals surface area contributed by atoms with Crippen LogP contribution in [-0.4, -0.2) is 20.3 Å². The molecule has 0 spiro atoms. The van der Waals surface area contributed by atoms with Crippen molar-refractivity contribution >= 4 is 11.6 Å². The summed E-state index contributed by atoms with van der Waals surface area (Å²) in [4.78, 5) is 0. The standard InChI is InChI=1S/C14H21ClO2/c1-11-8-13(10-15)9-12(2)14(11)17-7-5-4-6-16-3/h8-9H,4-7,10H2,1-3H3. The molecule has 0 fully saturated rings. The van der Waals surface area contributed by atoms with E-state index in [0.29, 0.717) is 5.88 Å². The SMILES string of the molecule is COCCCCOc1c(C)cc(CCl)cc1C. The van der Waals surface area contributed by atoms with Crippen molar-refractivity contribution < 1.29 is 9.47 Å². The lowest BCUT2D eigenvalue weighted by Gasteiger charge is -2.13. The molecule has 1 aromatic rings. The summed E-state index contributed by atoms with van der Waals surface area (Å²) >= 11 is 5.83. The number of hydrogen-bond donors (Lipinski definition) is 0. The molecule has 96 valence electrons. The number of methoxy groups -OCH3 is 1. The Kier molecular flexibility index (Phi) is 6.38. The summed E-state index contributed by atoms with van der Waals surface area (Å²) in [5, 5.41) is 0. The number of alkyl halides is 1. The van der Waals surface area contributed by atoms with Crippen LogP contribution < -0.4 is 4.74 Å². The molecule has 0 heterocycles. The van der Waals surface area contributed by atoms with Crippen LogP contribution in [0.3, 0.4) is 0 Å². The summed E-state index contributed by atoms with van der Waals surface area (Å²) in [7, 11) is 1.72. The second-order valence-electron chi connectivity index (χ2n) is 4.24. The van der Waals surface area contributed by atoms with Gasteiger partial charge in [-0.05, 0) is 43.4 Å². The highest BCUT2D eigenvalue weighted by molar-refractivity contribution is 6.17.